The lowest BCUT2D eigenvalue weighted by Gasteiger charge is -2.32. The summed E-state index contributed by atoms with van der Waals surface area (Å²) < 4.78 is 30.2. The van der Waals surface area contributed by atoms with Gasteiger partial charge in [0.15, 0.2) is 5.09 Å². The van der Waals surface area contributed by atoms with Crippen LogP contribution in [0.5, 0.6) is 0 Å². The molecule has 2 N–H and O–H groups in total. The molecule has 0 saturated carbocycles. The molecule has 3 aromatic carbocycles. The summed E-state index contributed by atoms with van der Waals surface area (Å²) in [5.74, 6) is -0.394. The van der Waals surface area contributed by atoms with Gasteiger partial charge in [0, 0.05) is 40.0 Å². The van der Waals surface area contributed by atoms with Gasteiger partial charge in [-0.2, -0.15) is 0 Å². The molecule has 0 saturated heterocycles. The van der Waals surface area contributed by atoms with Gasteiger partial charge < -0.3 is 9.42 Å². The van der Waals surface area contributed by atoms with Crippen LogP contribution >= 0.6 is 19.6 Å². The third-order valence-corrected chi connectivity index (χ3v) is 6.02. The molecule has 148 valence electrons. The molecule has 0 aliphatic carbocycles. The van der Waals surface area contributed by atoms with Gasteiger partial charge >= 0.3 is 7.82 Å². The van der Waals surface area contributed by atoms with Crippen LogP contribution in [-0.4, -0.2) is 16.8 Å². The quantitative estimate of drug-likeness (QED) is 0.323. The molecule has 8 heteroatoms. The van der Waals surface area contributed by atoms with Crippen molar-refractivity contribution in [1.82, 2.24) is 0 Å². The second-order valence-electron chi connectivity index (χ2n) is 6.39. The summed E-state index contributed by atoms with van der Waals surface area (Å²) in [4.78, 5) is 21.7. The maximum Gasteiger partial charge on any atom is 0.525 e. The topological polar surface area (TPSA) is 70.0 Å². The molecule has 0 radical (unpaired) electrons. The molecule has 4 rings (SSSR count). The number of thioether (sulfide) groups is 1. The van der Waals surface area contributed by atoms with Crippen LogP contribution in [0.1, 0.15) is 11.1 Å². The number of nitrogens with zero attached hydrogens (tertiary/aromatic N) is 1. The Morgan fingerprint density at radius 1 is 0.931 bits per heavy atom. The number of halogens is 1. The minimum atomic E-state index is -4.84. The van der Waals surface area contributed by atoms with Crippen molar-refractivity contribution in [1.29, 1.82) is 0 Å². The molecule has 0 unspecified atom stereocenters. The molecule has 3 aromatic rings. The second-order valence-corrected chi connectivity index (χ2v) is 8.60. The van der Waals surface area contributed by atoms with E-state index in [1.165, 1.54) is 24.3 Å². The van der Waals surface area contributed by atoms with E-state index >= 15 is 0 Å². The van der Waals surface area contributed by atoms with Gasteiger partial charge in [-0.1, -0.05) is 48.2 Å². The van der Waals surface area contributed by atoms with Crippen molar-refractivity contribution in [3.63, 3.8) is 0 Å². The summed E-state index contributed by atoms with van der Waals surface area (Å²) in [6.07, 6.45) is 0. The zero-order valence-corrected chi connectivity index (χ0v) is 17.0. The number of anilines is 2. The molecule has 1 heterocycles. The van der Waals surface area contributed by atoms with Crippen LogP contribution in [0.15, 0.2) is 82.8 Å². The maximum atomic E-state index is 13.3. The lowest BCUT2D eigenvalue weighted by atomic mass is 9.91. The fourth-order valence-corrected chi connectivity index (χ4v) is 4.84. The van der Waals surface area contributed by atoms with E-state index in [1.54, 1.807) is 0 Å². The molecule has 1 aliphatic rings. The molecular formula is C21H17FNO4PS. The number of fused-ring (bicyclic) bond motifs is 2. The highest BCUT2D eigenvalue weighted by molar-refractivity contribution is 8.03. The van der Waals surface area contributed by atoms with Gasteiger partial charge in [0.05, 0.1) is 0 Å². The fraction of sp³-hybridized carbons (Fsp3) is 0.0476. The van der Waals surface area contributed by atoms with E-state index in [0.717, 1.165) is 34.3 Å². The lowest BCUT2D eigenvalue weighted by Crippen LogP contribution is -2.18. The zero-order chi connectivity index (χ0) is 20.6. The molecule has 5 nitrogen and oxygen atoms in total. The van der Waals surface area contributed by atoms with Gasteiger partial charge in [-0.3, -0.25) is 9.79 Å². The Labute approximate surface area is 171 Å². The average molecular weight is 429 g/mol. The molecule has 0 amide bonds. The zero-order valence-electron chi connectivity index (χ0n) is 15.3. The Kier molecular flexibility index (Phi) is 5.23. The standard InChI is InChI=1S/C21H17FNO4PS/c1-23-18-8-4-2-6-16(18)20(17-7-3-5-9-19(17)23)21(27-28(24,25)26)29-15-12-10-14(22)11-13-15/h2-13H,1H3,(H2,24,25,26). The van der Waals surface area contributed by atoms with Crippen LogP contribution in [0.2, 0.25) is 0 Å². The molecule has 0 aromatic heterocycles. The van der Waals surface area contributed by atoms with E-state index in [4.69, 9.17) is 4.52 Å². The third kappa shape index (κ3) is 4.09. The smallest absolute Gasteiger partial charge is 0.396 e. The average Bonchev–Trinajstić information content (AvgIpc) is 2.69. The number of phosphoric ester groups is 1. The van der Waals surface area contributed by atoms with E-state index < -0.39 is 13.6 Å². The van der Waals surface area contributed by atoms with E-state index in [1.807, 2.05) is 60.5 Å². The summed E-state index contributed by atoms with van der Waals surface area (Å²) in [5.41, 5.74) is 3.91. The predicted molar refractivity (Wildman–Crippen MR) is 112 cm³/mol. The van der Waals surface area contributed by atoms with Crippen molar-refractivity contribution in [3.05, 3.63) is 94.8 Å². The van der Waals surface area contributed by atoms with Crippen molar-refractivity contribution >= 4 is 36.5 Å². The minimum Gasteiger partial charge on any atom is -0.396 e. The van der Waals surface area contributed by atoms with Crippen molar-refractivity contribution in [3.8, 4) is 0 Å². The molecule has 0 bridgehead atoms. The molecular weight excluding hydrogens is 412 g/mol. The third-order valence-electron chi connectivity index (χ3n) is 4.50. The lowest BCUT2D eigenvalue weighted by molar-refractivity contribution is 0.255. The Hall–Kier alpha value is -2.57. The Morgan fingerprint density at radius 3 is 1.97 bits per heavy atom. The molecule has 0 spiro atoms. The summed E-state index contributed by atoms with van der Waals surface area (Å²) in [5, 5.41) is 0.0536. The number of para-hydroxylation sites is 2. The number of phosphoric acid groups is 1. The highest BCUT2D eigenvalue weighted by Gasteiger charge is 2.30. The Balaban J connectivity index is 1.97. The van der Waals surface area contributed by atoms with Gasteiger partial charge in [-0.15, -0.1) is 0 Å². The van der Waals surface area contributed by atoms with Crippen molar-refractivity contribution in [2.24, 2.45) is 0 Å². The summed E-state index contributed by atoms with van der Waals surface area (Å²) in [6.45, 7) is 0. The normalized spacial score (nSPS) is 13.0. The van der Waals surface area contributed by atoms with Crippen LogP contribution < -0.4 is 4.90 Å². The van der Waals surface area contributed by atoms with E-state index in [9.17, 15) is 18.7 Å². The summed E-state index contributed by atoms with van der Waals surface area (Å²) in [7, 11) is -2.90. The van der Waals surface area contributed by atoms with Gasteiger partial charge in [-0.25, -0.2) is 8.96 Å². The monoisotopic (exact) mass is 429 g/mol. The van der Waals surface area contributed by atoms with Crippen LogP contribution in [0, 0.1) is 5.82 Å². The van der Waals surface area contributed by atoms with E-state index in [-0.39, 0.29) is 5.09 Å². The summed E-state index contributed by atoms with van der Waals surface area (Å²) >= 11 is 1.04. The SMILES string of the molecule is CN1c2ccccc2C(=C(OP(=O)(O)O)Sc2ccc(F)cc2)c2ccccc21. The Bertz CT molecular complexity index is 1090. The highest BCUT2D eigenvalue weighted by atomic mass is 32.2. The number of benzene rings is 3. The first-order valence-electron chi connectivity index (χ1n) is 8.69. The predicted octanol–water partition coefficient (Wildman–Crippen LogP) is 5.53. The highest BCUT2D eigenvalue weighted by Crippen LogP contribution is 2.52. The van der Waals surface area contributed by atoms with E-state index in [2.05, 4.69) is 0 Å². The maximum absolute atomic E-state index is 13.3. The number of hydrogen-bond acceptors (Lipinski definition) is 4. The van der Waals surface area contributed by atoms with Crippen LogP contribution in [-0.2, 0) is 9.09 Å². The largest absolute Gasteiger partial charge is 0.525 e. The summed E-state index contributed by atoms with van der Waals surface area (Å²) in [6, 6.07) is 20.8. The van der Waals surface area contributed by atoms with Crippen LogP contribution in [0.25, 0.3) is 5.57 Å². The van der Waals surface area contributed by atoms with Gasteiger partial charge in [-0.05, 0) is 36.4 Å². The van der Waals surface area contributed by atoms with Crippen molar-refractivity contribution in [2.75, 3.05) is 11.9 Å². The van der Waals surface area contributed by atoms with E-state index in [0.29, 0.717) is 10.5 Å². The fourth-order valence-electron chi connectivity index (χ4n) is 3.28. The molecule has 0 fully saturated rings. The number of hydrogen-bond donors (Lipinski definition) is 2. The molecule has 1 aliphatic heterocycles. The first-order chi connectivity index (χ1) is 13.8. The van der Waals surface area contributed by atoms with Crippen LogP contribution in [0.3, 0.4) is 0 Å². The molecule has 29 heavy (non-hydrogen) atoms. The second kappa shape index (κ2) is 7.69. The molecule has 0 atom stereocenters. The Morgan fingerprint density at radius 2 is 1.45 bits per heavy atom. The van der Waals surface area contributed by atoms with Gasteiger partial charge in [0.2, 0.25) is 0 Å². The van der Waals surface area contributed by atoms with Crippen LogP contribution in [0.4, 0.5) is 15.8 Å². The van der Waals surface area contributed by atoms with Crippen molar-refractivity contribution in [2.45, 2.75) is 4.90 Å². The first kappa shape index (κ1) is 19.7. The first-order valence-corrected chi connectivity index (χ1v) is 11.0. The van der Waals surface area contributed by atoms with Gasteiger partial charge in [0.1, 0.15) is 5.82 Å². The van der Waals surface area contributed by atoms with Gasteiger partial charge in [0.25, 0.3) is 0 Å². The minimum absolute atomic E-state index is 0.0536. The van der Waals surface area contributed by atoms with Crippen molar-refractivity contribution < 1.29 is 23.3 Å². The number of rotatable bonds is 4.